The zero-order valence-corrected chi connectivity index (χ0v) is 11.6. The van der Waals surface area contributed by atoms with Crippen molar-refractivity contribution in [2.24, 2.45) is 0 Å². The van der Waals surface area contributed by atoms with E-state index in [-0.39, 0.29) is 5.91 Å². The van der Waals surface area contributed by atoms with Crippen LogP contribution >= 0.6 is 23.4 Å². The van der Waals surface area contributed by atoms with Crippen molar-refractivity contribution in [3.63, 3.8) is 0 Å². The third-order valence-electron chi connectivity index (χ3n) is 2.40. The van der Waals surface area contributed by atoms with Crippen LogP contribution < -0.4 is 5.32 Å². The van der Waals surface area contributed by atoms with Gasteiger partial charge in [-0.1, -0.05) is 30.3 Å². The summed E-state index contributed by atoms with van der Waals surface area (Å²) in [6.07, 6.45) is 4.22. The molecule has 0 spiro atoms. The quantitative estimate of drug-likeness (QED) is 0.609. The highest BCUT2D eigenvalue weighted by Crippen LogP contribution is 2.19. The van der Waals surface area contributed by atoms with Gasteiger partial charge in [-0.25, -0.2) is 0 Å². The molecule has 0 saturated heterocycles. The first-order valence-electron chi connectivity index (χ1n) is 5.71. The third-order valence-corrected chi connectivity index (χ3v) is 3.54. The Bertz CT molecular complexity index is 331. The molecule has 0 fully saturated rings. The molecular formula is C13H18ClNOS. The number of amides is 1. The minimum absolute atomic E-state index is 0.109. The predicted molar refractivity (Wildman–Crippen MR) is 75.7 cm³/mol. The Morgan fingerprint density at radius 2 is 2.06 bits per heavy atom. The fourth-order valence-corrected chi connectivity index (χ4v) is 2.16. The number of hydrogen-bond donors (Lipinski definition) is 1. The maximum absolute atomic E-state index is 11.7. The van der Waals surface area contributed by atoms with E-state index in [1.54, 1.807) is 0 Å². The lowest BCUT2D eigenvalue weighted by molar-refractivity contribution is -0.120. The van der Waals surface area contributed by atoms with Gasteiger partial charge in [0.15, 0.2) is 0 Å². The Hall–Kier alpha value is -0.670. The van der Waals surface area contributed by atoms with Gasteiger partial charge in [-0.2, -0.15) is 11.8 Å². The fourth-order valence-electron chi connectivity index (χ4n) is 1.45. The number of hydrogen-bond acceptors (Lipinski definition) is 2. The Morgan fingerprint density at radius 3 is 2.71 bits per heavy atom. The first kappa shape index (κ1) is 14.4. The van der Waals surface area contributed by atoms with Crippen molar-refractivity contribution in [3.8, 4) is 0 Å². The lowest BCUT2D eigenvalue weighted by atomic mass is 10.1. The number of halogens is 1. The van der Waals surface area contributed by atoms with Crippen molar-refractivity contribution in [1.82, 2.24) is 5.32 Å². The summed E-state index contributed by atoms with van der Waals surface area (Å²) >= 11 is 7.91. The minimum atomic E-state index is -0.586. The Kier molecular flexibility index (Phi) is 7.13. The van der Waals surface area contributed by atoms with Crippen molar-refractivity contribution in [3.05, 3.63) is 35.9 Å². The average Bonchev–Trinajstić information content (AvgIpc) is 2.38. The van der Waals surface area contributed by atoms with Crippen molar-refractivity contribution < 1.29 is 4.79 Å². The minimum Gasteiger partial charge on any atom is -0.355 e. The van der Waals surface area contributed by atoms with Crippen LogP contribution in [0.2, 0.25) is 0 Å². The van der Waals surface area contributed by atoms with Gasteiger partial charge in [0.05, 0.1) is 0 Å². The van der Waals surface area contributed by atoms with E-state index in [4.69, 9.17) is 11.6 Å². The summed E-state index contributed by atoms with van der Waals surface area (Å²) in [6, 6.07) is 9.41. The first-order valence-corrected chi connectivity index (χ1v) is 7.54. The second-order valence-corrected chi connectivity index (χ2v) is 5.19. The summed E-state index contributed by atoms with van der Waals surface area (Å²) in [5.74, 6) is 1.03. The Balaban J connectivity index is 2.28. The van der Waals surface area contributed by atoms with E-state index >= 15 is 0 Å². The molecule has 4 heteroatoms. The van der Waals surface area contributed by atoms with Gasteiger partial charge in [0.2, 0.25) is 5.91 Å². The van der Waals surface area contributed by atoms with Crippen molar-refractivity contribution in [2.75, 3.05) is 18.6 Å². The molecule has 0 aliphatic heterocycles. The fraction of sp³-hybridized carbons (Fsp3) is 0.462. The van der Waals surface area contributed by atoms with Gasteiger partial charge < -0.3 is 5.32 Å². The molecule has 1 aromatic carbocycles. The molecule has 0 aliphatic rings. The second-order valence-electron chi connectivity index (χ2n) is 3.76. The van der Waals surface area contributed by atoms with Gasteiger partial charge >= 0.3 is 0 Å². The molecule has 0 bridgehead atoms. The largest absolute Gasteiger partial charge is 0.355 e. The number of unbranched alkanes of at least 4 members (excludes halogenated alkanes) is 1. The molecule has 0 saturated carbocycles. The molecule has 1 rings (SSSR count). The van der Waals surface area contributed by atoms with Crippen LogP contribution in [0.5, 0.6) is 0 Å². The molecule has 1 unspecified atom stereocenters. The van der Waals surface area contributed by atoms with Crippen LogP contribution in [-0.2, 0) is 4.79 Å². The number of rotatable bonds is 7. The predicted octanol–water partition coefficient (Wildman–Crippen LogP) is 3.23. The zero-order valence-electron chi connectivity index (χ0n) is 9.99. The molecule has 2 nitrogen and oxygen atoms in total. The smallest absolute Gasteiger partial charge is 0.242 e. The Labute approximate surface area is 112 Å². The summed E-state index contributed by atoms with van der Waals surface area (Å²) in [4.78, 5) is 11.7. The summed E-state index contributed by atoms with van der Waals surface area (Å²) in [7, 11) is 0. The number of carbonyl (C=O) groups is 1. The van der Waals surface area contributed by atoms with Crippen molar-refractivity contribution in [2.45, 2.75) is 18.2 Å². The van der Waals surface area contributed by atoms with Crippen LogP contribution in [0.25, 0.3) is 0 Å². The van der Waals surface area contributed by atoms with Crippen LogP contribution in [-0.4, -0.2) is 24.5 Å². The van der Waals surface area contributed by atoms with Crippen LogP contribution in [0.15, 0.2) is 30.3 Å². The summed E-state index contributed by atoms with van der Waals surface area (Å²) in [6.45, 7) is 0.704. The highest BCUT2D eigenvalue weighted by molar-refractivity contribution is 7.98. The summed E-state index contributed by atoms with van der Waals surface area (Å²) in [5, 5.41) is 2.27. The molecule has 17 heavy (non-hydrogen) atoms. The first-order chi connectivity index (χ1) is 8.25. The zero-order chi connectivity index (χ0) is 12.5. The molecule has 0 aliphatic carbocycles. The molecule has 1 aromatic rings. The second kappa shape index (κ2) is 8.43. The van der Waals surface area contributed by atoms with Gasteiger partial charge in [-0.15, -0.1) is 11.6 Å². The lowest BCUT2D eigenvalue weighted by Gasteiger charge is -2.10. The summed E-state index contributed by atoms with van der Waals surface area (Å²) in [5.41, 5.74) is 0.843. The van der Waals surface area contributed by atoms with Crippen LogP contribution in [0.4, 0.5) is 0 Å². The van der Waals surface area contributed by atoms with E-state index in [0.29, 0.717) is 6.54 Å². The van der Waals surface area contributed by atoms with E-state index in [0.717, 1.165) is 24.2 Å². The number of benzene rings is 1. The van der Waals surface area contributed by atoms with Crippen LogP contribution in [0.3, 0.4) is 0 Å². The number of alkyl halides is 1. The lowest BCUT2D eigenvalue weighted by Crippen LogP contribution is -2.27. The van der Waals surface area contributed by atoms with E-state index < -0.39 is 5.38 Å². The monoisotopic (exact) mass is 271 g/mol. The molecule has 0 radical (unpaired) electrons. The molecule has 0 aromatic heterocycles. The molecule has 1 amide bonds. The highest BCUT2D eigenvalue weighted by Gasteiger charge is 2.16. The molecule has 94 valence electrons. The van der Waals surface area contributed by atoms with Crippen LogP contribution in [0.1, 0.15) is 23.8 Å². The van der Waals surface area contributed by atoms with Crippen molar-refractivity contribution >= 4 is 29.3 Å². The number of thioether (sulfide) groups is 1. The van der Waals surface area contributed by atoms with Gasteiger partial charge in [-0.05, 0) is 30.4 Å². The maximum Gasteiger partial charge on any atom is 0.242 e. The topological polar surface area (TPSA) is 29.1 Å². The molecule has 1 atom stereocenters. The van der Waals surface area contributed by atoms with E-state index in [9.17, 15) is 4.79 Å². The van der Waals surface area contributed by atoms with Gasteiger partial charge in [0, 0.05) is 6.54 Å². The SMILES string of the molecule is CSCCCCNC(=O)C(Cl)c1ccccc1. The van der Waals surface area contributed by atoms with Gasteiger partial charge in [0.1, 0.15) is 5.38 Å². The molecular weight excluding hydrogens is 254 g/mol. The normalized spacial score (nSPS) is 12.1. The standard InChI is InChI=1S/C13H18ClNOS/c1-17-10-6-5-9-15-13(16)12(14)11-7-3-2-4-8-11/h2-4,7-8,12H,5-6,9-10H2,1H3,(H,15,16). The highest BCUT2D eigenvalue weighted by atomic mass is 35.5. The van der Waals surface area contributed by atoms with Gasteiger partial charge in [0.25, 0.3) is 0 Å². The van der Waals surface area contributed by atoms with E-state index in [2.05, 4.69) is 11.6 Å². The van der Waals surface area contributed by atoms with Crippen molar-refractivity contribution in [1.29, 1.82) is 0 Å². The third kappa shape index (κ3) is 5.46. The number of nitrogens with one attached hydrogen (secondary N) is 1. The van der Waals surface area contributed by atoms with Crippen LogP contribution in [0, 0.1) is 0 Å². The van der Waals surface area contributed by atoms with Gasteiger partial charge in [-0.3, -0.25) is 4.79 Å². The Morgan fingerprint density at radius 1 is 1.35 bits per heavy atom. The summed E-state index contributed by atoms with van der Waals surface area (Å²) < 4.78 is 0. The maximum atomic E-state index is 11.7. The molecule has 1 N–H and O–H groups in total. The van der Waals surface area contributed by atoms with E-state index in [1.165, 1.54) is 0 Å². The van der Waals surface area contributed by atoms with E-state index in [1.807, 2.05) is 42.1 Å². The molecule has 0 heterocycles. The average molecular weight is 272 g/mol. The number of carbonyl (C=O) groups excluding carboxylic acids is 1.